The molecule has 2 N–H and O–H groups in total. The summed E-state index contributed by atoms with van der Waals surface area (Å²) in [4.78, 5) is 24.7. The normalized spacial score (nSPS) is 14.2. The van der Waals surface area contributed by atoms with Crippen LogP contribution in [0.1, 0.15) is 20.3 Å². The molecule has 0 saturated carbocycles. The lowest BCUT2D eigenvalue weighted by atomic mass is 10.2. The predicted molar refractivity (Wildman–Crippen MR) is 72.2 cm³/mol. The zero-order chi connectivity index (χ0) is 13.4. The molecule has 0 aromatic rings. The van der Waals surface area contributed by atoms with Gasteiger partial charge >= 0.3 is 0 Å². The summed E-state index contributed by atoms with van der Waals surface area (Å²) in [7, 11) is 3.98. The predicted octanol–water partition coefficient (Wildman–Crippen LogP) is -0.123. The fourth-order valence-electron chi connectivity index (χ4n) is 1.31. The van der Waals surface area contributed by atoms with Gasteiger partial charge in [0.15, 0.2) is 0 Å². The highest BCUT2D eigenvalue weighted by atomic mass is 32.1. The van der Waals surface area contributed by atoms with Crippen LogP contribution in [0.2, 0.25) is 0 Å². The van der Waals surface area contributed by atoms with Gasteiger partial charge in [-0.25, -0.2) is 0 Å². The Morgan fingerprint density at radius 2 is 1.88 bits per heavy atom. The first kappa shape index (κ1) is 16.2. The minimum absolute atomic E-state index is 0.0843. The second kappa shape index (κ2) is 8.36. The molecule has 0 aromatic heterocycles. The third-order valence-corrected chi connectivity index (χ3v) is 2.64. The number of thiol groups is 1. The Morgan fingerprint density at radius 3 is 2.29 bits per heavy atom. The lowest BCUT2D eigenvalue weighted by Gasteiger charge is -2.20. The molecule has 0 bridgehead atoms. The average molecular weight is 261 g/mol. The quantitative estimate of drug-likeness (QED) is 0.560. The van der Waals surface area contributed by atoms with Crippen molar-refractivity contribution in [2.24, 2.45) is 0 Å². The van der Waals surface area contributed by atoms with Crippen LogP contribution in [-0.2, 0) is 9.59 Å². The van der Waals surface area contributed by atoms with E-state index < -0.39 is 6.04 Å². The van der Waals surface area contributed by atoms with Crippen molar-refractivity contribution in [1.82, 2.24) is 15.5 Å². The van der Waals surface area contributed by atoms with E-state index in [2.05, 4.69) is 28.2 Å². The number of carbonyl (C=O) groups excluding carboxylic acids is 2. The van der Waals surface area contributed by atoms with Crippen LogP contribution in [0, 0.1) is 0 Å². The van der Waals surface area contributed by atoms with Crippen LogP contribution in [0.3, 0.4) is 0 Å². The number of hydrogen-bond acceptors (Lipinski definition) is 4. The first-order valence-corrected chi connectivity index (χ1v) is 6.33. The molecule has 0 aliphatic heterocycles. The van der Waals surface area contributed by atoms with E-state index in [1.165, 1.54) is 6.92 Å². The summed E-state index contributed by atoms with van der Waals surface area (Å²) in [6.07, 6.45) is 0.873. The first-order chi connectivity index (χ1) is 7.86. The van der Waals surface area contributed by atoms with E-state index in [4.69, 9.17) is 0 Å². The maximum absolute atomic E-state index is 11.8. The Kier molecular flexibility index (Phi) is 7.99. The molecule has 0 heterocycles. The molecule has 2 amide bonds. The molecular formula is C11H23N3O2S. The number of rotatable bonds is 7. The first-order valence-electron chi connectivity index (χ1n) is 5.70. The molecule has 0 spiro atoms. The second-order valence-corrected chi connectivity index (χ2v) is 4.80. The molecule has 0 saturated heterocycles. The van der Waals surface area contributed by atoms with Crippen molar-refractivity contribution >= 4 is 24.4 Å². The summed E-state index contributed by atoms with van der Waals surface area (Å²) in [6.45, 7) is 4.25. The number of amides is 2. The van der Waals surface area contributed by atoms with Crippen LogP contribution < -0.4 is 10.6 Å². The Hall–Kier alpha value is -0.750. The minimum atomic E-state index is -0.558. The van der Waals surface area contributed by atoms with Crippen LogP contribution in [0.25, 0.3) is 0 Å². The molecule has 0 aliphatic rings. The monoisotopic (exact) mass is 261 g/mol. The van der Waals surface area contributed by atoms with Gasteiger partial charge in [-0.15, -0.1) is 0 Å². The molecule has 17 heavy (non-hydrogen) atoms. The molecule has 0 rings (SSSR count). The Bertz CT molecular complexity index is 259. The molecule has 0 aromatic carbocycles. The fourth-order valence-corrected chi connectivity index (χ4v) is 1.56. The largest absolute Gasteiger partial charge is 0.352 e. The van der Waals surface area contributed by atoms with Crippen molar-refractivity contribution in [3.63, 3.8) is 0 Å². The van der Waals surface area contributed by atoms with Gasteiger partial charge in [0.2, 0.25) is 11.8 Å². The third kappa shape index (κ3) is 8.04. The van der Waals surface area contributed by atoms with E-state index in [9.17, 15) is 9.59 Å². The molecule has 0 fully saturated rings. The molecular weight excluding hydrogens is 238 g/mol. The fraction of sp³-hybridized carbons (Fsp3) is 0.818. The average Bonchev–Trinajstić information content (AvgIpc) is 2.22. The summed E-state index contributed by atoms with van der Waals surface area (Å²) in [5.41, 5.74) is 0. The zero-order valence-corrected chi connectivity index (χ0v) is 11.9. The van der Waals surface area contributed by atoms with Crippen LogP contribution in [0.4, 0.5) is 0 Å². The molecule has 5 nitrogen and oxygen atoms in total. The Morgan fingerprint density at radius 1 is 1.29 bits per heavy atom. The summed E-state index contributed by atoms with van der Waals surface area (Å²) < 4.78 is 0. The molecule has 2 unspecified atom stereocenters. The summed E-state index contributed by atoms with van der Waals surface area (Å²) in [5.74, 6) is -0.104. The van der Waals surface area contributed by atoms with Gasteiger partial charge in [-0.1, -0.05) is 0 Å². The minimum Gasteiger partial charge on any atom is -0.352 e. The highest BCUT2D eigenvalue weighted by Crippen LogP contribution is 1.95. The second-order valence-electron chi connectivity index (χ2n) is 4.44. The van der Waals surface area contributed by atoms with Gasteiger partial charge in [0, 0.05) is 18.7 Å². The van der Waals surface area contributed by atoms with Crippen LogP contribution in [0.15, 0.2) is 0 Å². The van der Waals surface area contributed by atoms with E-state index in [1.807, 2.05) is 21.0 Å². The van der Waals surface area contributed by atoms with Crippen molar-refractivity contribution in [2.45, 2.75) is 32.4 Å². The molecule has 6 heteroatoms. The van der Waals surface area contributed by atoms with E-state index in [0.717, 1.165) is 13.0 Å². The van der Waals surface area contributed by atoms with Gasteiger partial charge in [-0.2, -0.15) is 12.6 Å². The van der Waals surface area contributed by atoms with Crippen molar-refractivity contribution in [3.05, 3.63) is 0 Å². The molecule has 0 radical (unpaired) electrons. The lowest BCUT2D eigenvalue weighted by molar-refractivity contribution is -0.127. The number of nitrogens with one attached hydrogen (secondary N) is 2. The maximum Gasteiger partial charge on any atom is 0.243 e. The van der Waals surface area contributed by atoms with Crippen LogP contribution in [0.5, 0.6) is 0 Å². The number of carbonyl (C=O) groups is 2. The van der Waals surface area contributed by atoms with Crippen molar-refractivity contribution < 1.29 is 9.59 Å². The highest BCUT2D eigenvalue weighted by Gasteiger charge is 2.19. The van der Waals surface area contributed by atoms with E-state index in [-0.39, 0.29) is 17.9 Å². The molecule has 2 atom stereocenters. The summed E-state index contributed by atoms with van der Waals surface area (Å²) in [6, 6.07) is -0.473. The highest BCUT2D eigenvalue weighted by molar-refractivity contribution is 7.80. The van der Waals surface area contributed by atoms with Gasteiger partial charge in [0.05, 0.1) is 0 Å². The van der Waals surface area contributed by atoms with Crippen molar-refractivity contribution in [2.75, 3.05) is 26.4 Å². The van der Waals surface area contributed by atoms with Gasteiger partial charge in [0.25, 0.3) is 0 Å². The smallest absolute Gasteiger partial charge is 0.243 e. The standard InChI is InChI=1S/C11H23N3O2S/c1-8(5-6-14(3)4)12-11(16)10(7-17)13-9(2)15/h8,10,17H,5-7H2,1-4H3,(H,12,16)(H,13,15). The van der Waals surface area contributed by atoms with E-state index >= 15 is 0 Å². The van der Waals surface area contributed by atoms with Crippen LogP contribution >= 0.6 is 12.6 Å². The van der Waals surface area contributed by atoms with E-state index in [0.29, 0.717) is 5.75 Å². The SMILES string of the molecule is CC(=O)NC(CS)C(=O)NC(C)CCN(C)C. The number of nitrogens with zero attached hydrogens (tertiary/aromatic N) is 1. The molecule has 100 valence electrons. The zero-order valence-electron chi connectivity index (χ0n) is 11.0. The lowest BCUT2D eigenvalue weighted by Crippen LogP contribution is -2.49. The number of hydrogen-bond donors (Lipinski definition) is 3. The van der Waals surface area contributed by atoms with Crippen molar-refractivity contribution in [3.8, 4) is 0 Å². The summed E-state index contributed by atoms with van der Waals surface area (Å²) >= 11 is 4.05. The van der Waals surface area contributed by atoms with Gasteiger partial charge in [-0.3, -0.25) is 9.59 Å². The molecule has 0 aliphatic carbocycles. The Balaban J connectivity index is 4.07. The van der Waals surface area contributed by atoms with E-state index in [1.54, 1.807) is 0 Å². The van der Waals surface area contributed by atoms with Gasteiger partial charge in [0.1, 0.15) is 6.04 Å². The van der Waals surface area contributed by atoms with Crippen molar-refractivity contribution in [1.29, 1.82) is 0 Å². The topological polar surface area (TPSA) is 61.4 Å². The Labute approximate surface area is 109 Å². The van der Waals surface area contributed by atoms with Gasteiger partial charge < -0.3 is 15.5 Å². The van der Waals surface area contributed by atoms with Gasteiger partial charge in [-0.05, 0) is 34.0 Å². The third-order valence-electron chi connectivity index (χ3n) is 2.27. The summed E-state index contributed by atoms with van der Waals surface area (Å²) in [5, 5.41) is 5.42. The van der Waals surface area contributed by atoms with Crippen LogP contribution in [-0.4, -0.2) is 55.2 Å². The maximum atomic E-state index is 11.8.